The molecule has 0 aromatic heterocycles. The third-order valence-electron chi connectivity index (χ3n) is 2.83. The maximum Gasteiger partial charge on any atom is 1.00 e. The zero-order valence-corrected chi connectivity index (χ0v) is 11.9. The van der Waals surface area contributed by atoms with Crippen molar-refractivity contribution < 1.29 is 44.6 Å². The second-order valence-corrected chi connectivity index (χ2v) is 3.75. The van der Waals surface area contributed by atoms with Crippen LogP contribution >= 0.6 is 0 Å². The molecule has 1 aliphatic rings. The Labute approximate surface area is 126 Å². The van der Waals surface area contributed by atoms with Gasteiger partial charge >= 0.3 is 29.6 Å². The molecule has 0 spiro atoms. The largest absolute Gasteiger partial charge is 1.00 e. The monoisotopic (exact) mass is 248 g/mol. The van der Waals surface area contributed by atoms with Gasteiger partial charge in [-0.3, -0.25) is 9.59 Å². The van der Waals surface area contributed by atoms with Gasteiger partial charge in [0.2, 0.25) is 0 Å². The van der Waals surface area contributed by atoms with E-state index in [2.05, 4.69) is 0 Å². The van der Waals surface area contributed by atoms with E-state index in [1.807, 2.05) is 0 Å². The van der Waals surface area contributed by atoms with Crippen molar-refractivity contribution in [2.24, 2.45) is 0 Å². The summed E-state index contributed by atoms with van der Waals surface area (Å²) in [5.74, 6) is -0.128. The van der Waals surface area contributed by atoms with Crippen LogP contribution in [-0.4, -0.2) is 17.0 Å². The maximum absolute atomic E-state index is 12.1. The van der Waals surface area contributed by atoms with Crippen molar-refractivity contribution in [1.29, 1.82) is 0 Å². The average molecular weight is 248 g/mol. The summed E-state index contributed by atoms with van der Waals surface area (Å²) < 4.78 is 0. The van der Waals surface area contributed by atoms with Gasteiger partial charge in [0.15, 0.2) is 11.6 Å². The normalized spacial score (nSPS) is 11.8. The Bertz CT molecular complexity index is 514. The fraction of sp³-hybridized carbons (Fsp3) is 0. The Morgan fingerprint density at radius 1 is 0.556 bits per heavy atom. The predicted molar refractivity (Wildman–Crippen MR) is 61.7 cm³/mol. The topological polar surface area (TPSA) is 64.1 Å². The van der Waals surface area contributed by atoms with Crippen molar-refractivity contribution in [2.45, 2.75) is 0 Å². The molecule has 3 rings (SSSR count). The zero-order valence-electron chi connectivity index (χ0n) is 9.88. The number of carbonyl (C=O) groups is 2. The molecule has 0 fully saturated rings. The molecule has 2 aromatic rings. The van der Waals surface area contributed by atoms with Crippen molar-refractivity contribution in [3.05, 3.63) is 70.8 Å². The summed E-state index contributed by atoms with van der Waals surface area (Å²) in [5, 5.41) is 0. The Kier molecular flexibility index (Phi) is 4.59. The van der Waals surface area contributed by atoms with Crippen LogP contribution in [0.5, 0.6) is 0 Å². The molecule has 1 N–H and O–H groups in total. The Morgan fingerprint density at radius 3 is 1.00 bits per heavy atom. The van der Waals surface area contributed by atoms with E-state index in [0.717, 1.165) is 0 Å². The number of fused-ring (bicyclic) bond motifs is 2. The number of benzene rings is 2. The summed E-state index contributed by atoms with van der Waals surface area (Å²) in [7, 11) is 0. The van der Waals surface area contributed by atoms with Crippen molar-refractivity contribution >= 4 is 11.6 Å². The minimum absolute atomic E-state index is 0. The summed E-state index contributed by atoms with van der Waals surface area (Å²) in [5.41, 5.74) is 2.02. The molecular formula is C14H9NaO3. The minimum Gasteiger partial charge on any atom is -0.870 e. The van der Waals surface area contributed by atoms with Crippen LogP contribution in [0, 0.1) is 0 Å². The predicted octanol–water partition coefficient (Wildman–Crippen LogP) is -0.711. The molecular weight excluding hydrogens is 239 g/mol. The van der Waals surface area contributed by atoms with Crippen LogP contribution in [0.25, 0.3) is 0 Å². The van der Waals surface area contributed by atoms with Crippen LogP contribution in [0.1, 0.15) is 31.8 Å². The molecule has 18 heavy (non-hydrogen) atoms. The van der Waals surface area contributed by atoms with Crippen LogP contribution in [0.3, 0.4) is 0 Å². The van der Waals surface area contributed by atoms with Crippen molar-refractivity contribution in [2.75, 3.05) is 0 Å². The summed E-state index contributed by atoms with van der Waals surface area (Å²) in [4.78, 5) is 24.2. The van der Waals surface area contributed by atoms with Crippen molar-refractivity contribution in [1.82, 2.24) is 0 Å². The van der Waals surface area contributed by atoms with Gasteiger partial charge in [0, 0.05) is 22.3 Å². The van der Waals surface area contributed by atoms with E-state index in [1.54, 1.807) is 48.5 Å². The van der Waals surface area contributed by atoms with Gasteiger partial charge in [-0.15, -0.1) is 0 Å². The number of ketones is 2. The van der Waals surface area contributed by atoms with Crippen molar-refractivity contribution in [3.8, 4) is 0 Å². The third-order valence-corrected chi connectivity index (χ3v) is 2.83. The molecule has 3 nitrogen and oxygen atoms in total. The second kappa shape index (κ2) is 5.59. The molecule has 84 valence electrons. The zero-order chi connectivity index (χ0) is 11.1. The van der Waals surface area contributed by atoms with Gasteiger partial charge in [-0.2, -0.15) is 0 Å². The average Bonchev–Trinajstić information content (AvgIpc) is 2.36. The molecule has 0 unspecified atom stereocenters. The molecule has 1 aliphatic carbocycles. The number of rotatable bonds is 0. The van der Waals surface area contributed by atoms with Crippen LogP contribution in [0.4, 0.5) is 0 Å². The fourth-order valence-electron chi connectivity index (χ4n) is 2.05. The molecule has 0 heterocycles. The summed E-state index contributed by atoms with van der Waals surface area (Å²) in [6.45, 7) is 0. The van der Waals surface area contributed by atoms with E-state index < -0.39 is 0 Å². The SMILES string of the molecule is O=C1c2ccccc2C(=O)c2ccccc21.[Na+].[OH-]. The number of hydrogen-bond donors (Lipinski definition) is 0. The Morgan fingerprint density at radius 2 is 0.778 bits per heavy atom. The maximum atomic E-state index is 12.1. The molecule has 2 aromatic carbocycles. The van der Waals surface area contributed by atoms with Gasteiger partial charge in [-0.05, 0) is 0 Å². The standard InChI is InChI=1S/C14H8O2.Na.H2O/c15-13-9-5-1-2-6-10(9)14(16)12-8-4-3-7-11(12)13;;/h1-8H;;1H2/q;+1;/p-1. The molecule has 4 heteroatoms. The van der Waals surface area contributed by atoms with Crippen LogP contribution in [0.15, 0.2) is 48.5 Å². The van der Waals surface area contributed by atoms with E-state index in [-0.39, 0.29) is 46.6 Å². The summed E-state index contributed by atoms with van der Waals surface area (Å²) in [6, 6.07) is 13.9. The first-order valence-electron chi connectivity index (χ1n) is 5.06. The van der Waals surface area contributed by atoms with E-state index in [4.69, 9.17) is 0 Å². The van der Waals surface area contributed by atoms with Gasteiger partial charge in [0.25, 0.3) is 0 Å². The Balaban J connectivity index is 0.000000810. The fourth-order valence-corrected chi connectivity index (χ4v) is 2.05. The number of hydrogen-bond acceptors (Lipinski definition) is 3. The first kappa shape index (κ1) is 14.8. The van der Waals surface area contributed by atoms with Crippen LogP contribution in [0.2, 0.25) is 0 Å². The first-order valence-corrected chi connectivity index (χ1v) is 5.06. The minimum atomic E-state index is -0.0641. The summed E-state index contributed by atoms with van der Waals surface area (Å²) in [6.07, 6.45) is 0. The molecule has 0 radical (unpaired) electrons. The van der Waals surface area contributed by atoms with E-state index in [1.165, 1.54) is 0 Å². The van der Waals surface area contributed by atoms with E-state index >= 15 is 0 Å². The Hall–Kier alpha value is -1.26. The smallest absolute Gasteiger partial charge is 0.870 e. The molecule has 0 atom stereocenters. The van der Waals surface area contributed by atoms with Gasteiger partial charge < -0.3 is 5.48 Å². The van der Waals surface area contributed by atoms with Crippen LogP contribution < -0.4 is 29.6 Å². The summed E-state index contributed by atoms with van der Waals surface area (Å²) >= 11 is 0. The molecule has 0 bridgehead atoms. The van der Waals surface area contributed by atoms with Gasteiger partial charge in [-0.25, -0.2) is 0 Å². The molecule has 0 saturated carbocycles. The van der Waals surface area contributed by atoms with Gasteiger partial charge in [-0.1, -0.05) is 48.5 Å². The number of carbonyl (C=O) groups excluding carboxylic acids is 2. The van der Waals surface area contributed by atoms with Gasteiger partial charge in [0.05, 0.1) is 0 Å². The van der Waals surface area contributed by atoms with Crippen molar-refractivity contribution in [3.63, 3.8) is 0 Å². The van der Waals surface area contributed by atoms with Crippen LogP contribution in [-0.2, 0) is 0 Å². The quantitative estimate of drug-likeness (QED) is 0.494. The third kappa shape index (κ3) is 2.06. The molecule has 0 aliphatic heterocycles. The molecule has 0 saturated heterocycles. The molecule has 0 amide bonds. The first-order chi connectivity index (χ1) is 7.79. The van der Waals surface area contributed by atoms with E-state index in [9.17, 15) is 9.59 Å². The second-order valence-electron chi connectivity index (χ2n) is 3.75. The van der Waals surface area contributed by atoms with E-state index in [0.29, 0.717) is 22.3 Å². The van der Waals surface area contributed by atoms with Gasteiger partial charge in [0.1, 0.15) is 0 Å².